The van der Waals surface area contributed by atoms with Crippen LogP contribution in [0.5, 0.6) is 6.01 Å². The molecule has 3 heterocycles. The summed E-state index contributed by atoms with van der Waals surface area (Å²) in [5.74, 6) is -0.293. The number of fused-ring (bicyclic) bond motifs is 1. The van der Waals surface area contributed by atoms with Crippen LogP contribution in [0.25, 0.3) is 11.3 Å². The largest absolute Gasteiger partial charge is 0.443 e. The monoisotopic (exact) mass is 423 g/mol. The molecular weight excluding hydrogens is 407 g/mol. The molecule has 0 amide bonds. The molecule has 1 aliphatic heterocycles. The van der Waals surface area contributed by atoms with Crippen molar-refractivity contribution in [3.63, 3.8) is 0 Å². The van der Waals surface area contributed by atoms with Crippen molar-refractivity contribution in [2.45, 2.75) is 25.4 Å². The van der Waals surface area contributed by atoms with Crippen LogP contribution in [0.1, 0.15) is 11.3 Å². The Balaban J connectivity index is 1.41. The molecule has 9 nitrogen and oxygen atoms in total. The minimum Gasteiger partial charge on any atom is -0.443 e. The molecule has 1 aliphatic rings. The first-order valence-electron chi connectivity index (χ1n) is 8.87. The maximum atomic E-state index is 12.7. The molecule has 2 aromatic heterocycles. The highest BCUT2D eigenvalue weighted by atomic mass is 19.4. The molecule has 158 valence electrons. The van der Waals surface area contributed by atoms with E-state index in [1.165, 1.54) is 22.9 Å². The van der Waals surface area contributed by atoms with Crippen LogP contribution < -0.4 is 4.74 Å². The lowest BCUT2D eigenvalue weighted by Crippen LogP contribution is -2.32. The van der Waals surface area contributed by atoms with Crippen LogP contribution >= 0.6 is 0 Å². The molecule has 0 aliphatic carbocycles. The molecule has 0 saturated carbocycles. The Morgan fingerprint density at radius 1 is 1.33 bits per heavy atom. The third-order valence-corrected chi connectivity index (χ3v) is 4.66. The van der Waals surface area contributed by atoms with Crippen LogP contribution in [0.15, 0.2) is 36.5 Å². The summed E-state index contributed by atoms with van der Waals surface area (Å²) < 4.78 is 52.5. The quantitative estimate of drug-likeness (QED) is 0.462. The molecule has 12 heteroatoms. The summed E-state index contributed by atoms with van der Waals surface area (Å²) in [6.07, 6.45) is -3.45. The highest BCUT2D eigenvalue weighted by Gasteiger charge is 2.30. The van der Waals surface area contributed by atoms with E-state index in [4.69, 9.17) is 9.47 Å². The Bertz CT molecular complexity index is 1070. The molecule has 0 saturated heterocycles. The molecule has 0 unspecified atom stereocenters. The van der Waals surface area contributed by atoms with E-state index < -0.39 is 16.7 Å². The van der Waals surface area contributed by atoms with Crippen molar-refractivity contribution in [1.82, 2.24) is 19.3 Å². The number of imidazole rings is 1. The predicted molar refractivity (Wildman–Crippen MR) is 96.6 cm³/mol. The maximum absolute atomic E-state index is 12.7. The molecule has 0 radical (unpaired) electrons. The van der Waals surface area contributed by atoms with Gasteiger partial charge in [0.15, 0.2) is 0 Å². The average molecular weight is 423 g/mol. The lowest BCUT2D eigenvalue weighted by molar-refractivity contribution is -0.389. The molecule has 0 N–H and O–H groups in total. The Labute approximate surface area is 167 Å². The number of nitro groups is 1. The van der Waals surface area contributed by atoms with Crippen molar-refractivity contribution in [1.29, 1.82) is 0 Å². The number of ether oxygens (including phenoxy) is 2. The molecule has 0 spiro atoms. The highest BCUT2D eigenvalue weighted by molar-refractivity contribution is 5.59. The molecule has 0 bridgehead atoms. The second kappa shape index (κ2) is 7.44. The minimum absolute atomic E-state index is 0.173. The normalized spacial score (nSPS) is 16.2. The van der Waals surface area contributed by atoms with Crippen LogP contribution in [-0.2, 0) is 31.1 Å². The van der Waals surface area contributed by atoms with Crippen LogP contribution in [0.4, 0.5) is 19.0 Å². The fraction of sp³-hybridized carbons (Fsp3) is 0.333. The van der Waals surface area contributed by atoms with Gasteiger partial charge in [0.25, 0.3) is 0 Å². The van der Waals surface area contributed by atoms with Crippen molar-refractivity contribution in [3.8, 4) is 17.3 Å². The zero-order valence-corrected chi connectivity index (χ0v) is 15.7. The predicted octanol–water partition coefficient (Wildman–Crippen LogP) is 3.19. The summed E-state index contributed by atoms with van der Waals surface area (Å²) in [7, 11) is 1.71. The second-order valence-corrected chi connectivity index (χ2v) is 6.75. The lowest BCUT2D eigenvalue weighted by atomic mass is 10.1. The van der Waals surface area contributed by atoms with Crippen molar-refractivity contribution >= 4 is 5.82 Å². The van der Waals surface area contributed by atoms with Gasteiger partial charge in [-0.1, -0.05) is 12.1 Å². The zero-order valence-electron chi connectivity index (χ0n) is 15.7. The highest BCUT2D eigenvalue weighted by Crippen LogP contribution is 2.31. The molecule has 4 rings (SSSR count). The first kappa shape index (κ1) is 19.9. The average Bonchev–Trinajstić information content (AvgIpc) is 3.29. The lowest BCUT2D eigenvalue weighted by Gasteiger charge is -2.22. The third kappa shape index (κ3) is 3.99. The van der Waals surface area contributed by atoms with Gasteiger partial charge in [-0.15, -0.1) is 0 Å². The summed E-state index contributed by atoms with van der Waals surface area (Å²) >= 11 is 0. The van der Waals surface area contributed by atoms with Gasteiger partial charge in [0, 0.05) is 17.6 Å². The summed E-state index contributed by atoms with van der Waals surface area (Å²) in [5, 5.41) is 15.1. The standard InChI is InChI=1S/C18H16F3N5O4/c1-24-13(6-15(23-24)11-2-4-12(5-3-11)18(19,20)21)9-29-14-7-25-8-16(26(27)28)22-17(25)30-10-14/h2-6,8,14H,7,9-10H2,1H3/t14-/m0/s1. The van der Waals surface area contributed by atoms with Gasteiger partial charge < -0.3 is 19.6 Å². The number of halogens is 3. The van der Waals surface area contributed by atoms with Crippen LogP contribution in [-0.4, -0.2) is 37.0 Å². The minimum atomic E-state index is -4.39. The van der Waals surface area contributed by atoms with Gasteiger partial charge in [-0.2, -0.15) is 18.3 Å². The summed E-state index contributed by atoms with van der Waals surface area (Å²) in [5.41, 5.74) is 1.08. The number of aromatic nitrogens is 4. The van der Waals surface area contributed by atoms with Crippen LogP contribution in [0, 0.1) is 10.1 Å². The number of rotatable bonds is 5. The van der Waals surface area contributed by atoms with Crippen molar-refractivity contribution < 1.29 is 27.6 Å². The molecule has 0 fully saturated rings. The number of hydrogen-bond donors (Lipinski definition) is 0. The van der Waals surface area contributed by atoms with Gasteiger partial charge in [0.1, 0.15) is 18.9 Å². The van der Waals surface area contributed by atoms with Gasteiger partial charge in [-0.3, -0.25) is 9.25 Å². The molecule has 1 atom stereocenters. The number of aryl methyl sites for hydroxylation is 1. The van der Waals surface area contributed by atoms with Gasteiger partial charge in [0.2, 0.25) is 0 Å². The Hall–Kier alpha value is -3.41. The van der Waals surface area contributed by atoms with Gasteiger partial charge in [-0.25, -0.2) is 0 Å². The van der Waals surface area contributed by atoms with Crippen molar-refractivity contribution in [2.75, 3.05) is 6.61 Å². The molecule has 30 heavy (non-hydrogen) atoms. The molecular formula is C18H16F3N5O4. The van der Waals surface area contributed by atoms with Gasteiger partial charge >= 0.3 is 18.0 Å². The first-order valence-corrected chi connectivity index (χ1v) is 8.87. The SMILES string of the molecule is Cn1nc(-c2ccc(C(F)(F)F)cc2)cc1CO[C@@H]1COc2nc([N+](=O)[O-])cn2C1. The summed E-state index contributed by atoms with van der Waals surface area (Å²) in [6, 6.07) is 6.69. The summed E-state index contributed by atoms with van der Waals surface area (Å²) in [4.78, 5) is 14.0. The van der Waals surface area contributed by atoms with E-state index in [-0.39, 0.29) is 31.1 Å². The fourth-order valence-corrected chi connectivity index (χ4v) is 3.08. The van der Waals surface area contributed by atoms with Gasteiger partial charge in [0.05, 0.1) is 30.1 Å². The Morgan fingerprint density at radius 3 is 2.73 bits per heavy atom. The maximum Gasteiger partial charge on any atom is 0.416 e. The Kier molecular flexibility index (Phi) is 4.94. The van der Waals surface area contributed by atoms with E-state index >= 15 is 0 Å². The second-order valence-electron chi connectivity index (χ2n) is 6.75. The first-order chi connectivity index (χ1) is 14.2. The topological polar surface area (TPSA) is 97.2 Å². The van der Waals surface area contributed by atoms with E-state index in [2.05, 4.69) is 10.1 Å². The van der Waals surface area contributed by atoms with E-state index in [1.54, 1.807) is 17.8 Å². The van der Waals surface area contributed by atoms with Crippen molar-refractivity contribution in [2.24, 2.45) is 7.05 Å². The van der Waals surface area contributed by atoms with Crippen LogP contribution in [0.2, 0.25) is 0 Å². The number of nitrogens with zero attached hydrogens (tertiary/aromatic N) is 5. The van der Waals surface area contributed by atoms with Crippen LogP contribution in [0.3, 0.4) is 0 Å². The zero-order chi connectivity index (χ0) is 21.5. The smallest absolute Gasteiger partial charge is 0.416 e. The number of benzene rings is 1. The van der Waals surface area contributed by atoms with Gasteiger partial charge in [-0.05, 0) is 23.1 Å². The van der Waals surface area contributed by atoms with E-state index in [1.807, 2.05) is 0 Å². The third-order valence-electron chi connectivity index (χ3n) is 4.66. The molecule has 1 aromatic carbocycles. The van der Waals surface area contributed by atoms with E-state index in [9.17, 15) is 23.3 Å². The van der Waals surface area contributed by atoms with E-state index in [0.717, 1.165) is 12.1 Å². The fourth-order valence-electron chi connectivity index (χ4n) is 3.08. The number of hydrogen-bond acceptors (Lipinski definition) is 6. The Morgan fingerprint density at radius 2 is 2.07 bits per heavy atom. The number of alkyl halides is 3. The molecule has 3 aromatic rings. The van der Waals surface area contributed by atoms with Crippen molar-refractivity contribution in [3.05, 3.63) is 57.9 Å². The summed E-state index contributed by atoms with van der Waals surface area (Å²) in [6.45, 7) is 0.724. The van der Waals surface area contributed by atoms with E-state index in [0.29, 0.717) is 23.5 Å².